The van der Waals surface area contributed by atoms with E-state index in [1.165, 1.54) is 0 Å². The number of H-pyrrole nitrogens is 1. The largest absolute Gasteiger partial charge is 0.461 e. The van der Waals surface area contributed by atoms with Crippen LogP contribution in [0.1, 0.15) is 52.1 Å². The molecule has 0 saturated carbocycles. The van der Waals surface area contributed by atoms with Gasteiger partial charge < -0.3 is 20.3 Å². The highest BCUT2D eigenvalue weighted by atomic mass is 32.2. The minimum atomic E-state index is -1.39. The second-order valence-corrected chi connectivity index (χ2v) is 8.07. The Morgan fingerprint density at radius 3 is 2.69 bits per heavy atom. The summed E-state index contributed by atoms with van der Waals surface area (Å²) >= 11 is 1.03. The summed E-state index contributed by atoms with van der Waals surface area (Å²) in [6.45, 7) is 4.55. The van der Waals surface area contributed by atoms with Crippen LogP contribution in [0.25, 0.3) is 0 Å². The number of aromatic amines is 1. The molecular weight excluding hydrogens is 402 g/mol. The van der Waals surface area contributed by atoms with E-state index >= 15 is 0 Å². The number of esters is 1. The third-order valence-electron chi connectivity index (χ3n) is 4.25. The molecule has 4 N–H and O–H groups in total. The number of carbonyl (C=O) groups excluding carboxylic acids is 4. The Labute approximate surface area is 171 Å². The summed E-state index contributed by atoms with van der Waals surface area (Å²) in [6, 6.07) is 0. The van der Waals surface area contributed by atoms with Crippen molar-refractivity contribution in [1.29, 1.82) is 0 Å². The fourth-order valence-electron chi connectivity index (χ4n) is 2.45. The predicted octanol–water partition coefficient (Wildman–Crippen LogP) is 0.0781. The van der Waals surface area contributed by atoms with Crippen LogP contribution in [-0.2, 0) is 9.53 Å². The number of aliphatic hydroxyl groups excluding tert-OH is 2. The second-order valence-electron chi connectivity index (χ2n) is 6.93. The summed E-state index contributed by atoms with van der Waals surface area (Å²) < 4.78 is 4.85. The fraction of sp³-hybridized carbons (Fsp3) is 0.500. The summed E-state index contributed by atoms with van der Waals surface area (Å²) in [4.78, 5) is 48.9. The number of Topliss-reactive ketones (excluding diaryl/α,β-unsaturated/α-hetero) is 1. The molecule has 10 nitrogen and oxygen atoms in total. The Hall–Kier alpha value is -2.50. The third kappa shape index (κ3) is 4.92. The van der Waals surface area contributed by atoms with E-state index in [1.54, 1.807) is 20.8 Å². The average molecular weight is 425 g/mol. The molecule has 1 aromatic heterocycles. The van der Waals surface area contributed by atoms with Crippen LogP contribution in [0.15, 0.2) is 11.0 Å². The number of ketones is 2. The van der Waals surface area contributed by atoms with Crippen molar-refractivity contribution in [1.82, 2.24) is 15.5 Å². The second kappa shape index (κ2) is 9.33. The lowest BCUT2D eigenvalue weighted by molar-refractivity contribution is -0.136. The van der Waals surface area contributed by atoms with Crippen LogP contribution in [0.2, 0.25) is 0 Å². The number of carbonyl (C=O) groups is 4. The Kier molecular flexibility index (Phi) is 7.33. The molecule has 0 aromatic carbocycles. The lowest BCUT2D eigenvalue weighted by Crippen LogP contribution is -2.46. The van der Waals surface area contributed by atoms with Gasteiger partial charge in [0.15, 0.2) is 5.69 Å². The number of allylic oxidation sites excluding steroid dienone is 2. The van der Waals surface area contributed by atoms with E-state index < -0.39 is 35.0 Å². The van der Waals surface area contributed by atoms with Crippen molar-refractivity contribution in [3.8, 4) is 0 Å². The topological polar surface area (TPSA) is 159 Å². The maximum absolute atomic E-state index is 12.7. The van der Waals surface area contributed by atoms with E-state index in [0.29, 0.717) is 0 Å². The Bertz CT molecular complexity index is 860. The molecule has 1 aliphatic carbocycles. The zero-order valence-corrected chi connectivity index (χ0v) is 17.1. The summed E-state index contributed by atoms with van der Waals surface area (Å²) in [5, 5.41) is 27.8. The molecule has 0 saturated heterocycles. The minimum absolute atomic E-state index is 0.0648. The molecule has 1 aromatic rings. The third-order valence-corrected chi connectivity index (χ3v) is 5.27. The van der Waals surface area contributed by atoms with Crippen LogP contribution < -0.4 is 5.32 Å². The number of hydrogen-bond acceptors (Lipinski definition) is 9. The van der Waals surface area contributed by atoms with E-state index in [1.807, 2.05) is 0 Å². The highest BCUT2D eigenvalue weighted by Gasteiger charge is 2.35. The molecular formula is C18H23N3O7S. The Balaban J connectivity index is 1.99. The molecule has 0 radical (unpaired) electrons. The zero-order chi connectivity index (χ0) is 21.8. The number of hydrogen-bond donors (Lipinski definition) is 4. The van der Waals surface area contributed by atoms with E-state index in [4.69, 9.17) is 4.74 Å². The smallest absolute Gasteiger partial charge is 0.359 e. The van der Waals surface area contributed by atoms with Crippen molar-refractivity contribution in [3.63, 3.8) is 0 Å². The van der Waals surface area contributed by atoms with Crippen LogP contribution >= 0.6 is 11.8 Å². The van der Waals surface area contributed by atoms with Gasteiger partial charge in [-0.1, -0.05) is 13.8 Å². The molecule has 1 heterocycles. The van der Waals surface area contributed by atoms with E-state index in [0.717, 1.165) is 17.8 Å². The lowest BCUT2D eigenvalue weighted by atomic mass is 9.87. The summed E-state index contributed by atoms with van der Waals surface area (Å²) in [7, 11) is 0. The highest BCUT2D eigenvalue weighted by molar-refractivity contribution is 8.04. The zero-order valence-electron chi connectivity index (χ0n) is 16.3. The quantitative estimate of drug-likeness (QED) is 0.317. The van der Waals surface area contributed by atoms with Gasteiger partial charge in [-0.2, -0.15) is 5.10 Å². The first kappa shape index (κ1) is 22.8. The fourth-order valence-corrected chi connectivity index (χ4v) is 3.30. The van der Waals surface area contributed by atoms with Gasteiger partial charge in [-0.15, -0.1) is 11.8 Å². The van der Waals surface area contributed by atoms with Crippen molar-refractivity contribution in [2.45, 2.75) is 26.9 Å². The first-order valence-electron chi connectivity index (χ1n) is 8.89. The van der Waals surface area contributed by atoms with E-state index in [-0.39, 0.29) is 47.4 Å². The summed E-state index contributed by atoms with van der Waals surface area (Å²) in [6.07, 6.45) is -0.246. The molecule has 1 amide bonds. The van der Waals surface area contributed by atoms with Crippen LogP contribution in [-0.4, -0.2) is 75.5 Å². The monoisotopic (exact) mass is 425 g/mol. The molecule has 158 valence electrons. The normalized spacial score (nSPS) is 14.9. The molecule has 0 spiro atoms. The number of aromatic nitrogens is 2. The maximum atomic E-state index is 12.7. The van der Waals surface area contributed by atoms with Gasteiger partial charge in [0.1, 0.15) is 11.8 Å². The minimum Gasteiger partial charge on any atom is -0.461 e. The van der Waals surface area contributed by atoms with Crippen LogP contribution in [0.3, 0.4) is 0 Å². The number of rotatable bonds is 9. The van der Waals surface area contributed by atoms with Gasteiger partial charge >= 0.3 is 5.97 Å². The van der Waals surface area contributed by atoms with Gasteiger partial charge in [-0.25, -0.2) is 4.79 Å². The van der Waals surface area contributed by atoms with Gasteiger partial charge in [0.05, 0.1) is 23.7 Å². The van der Waals surface area contributed by atoms with E-state index in [9.17, 15) is 29.4 Å². The molecule has 1 aliphatic rings. The van der Waals surface area contributed by atoms with Crippen molar-refractivity contribution in [3.05, 3.63) is 27.9 Å². The molecule has 11 heteroatoms. The lowest BCUT2D eigenvalue weighted by Gasteiger charge is -2.27. The van der Waals surface area contributed by atoms with Crippen molar-refractivity contribution in [2.24, 2.45) is 5.41 Å². The number of ether oxygens (including phenoxy) is 1. The molecule has 2 rings (SSSR count). The summed E-state index contributed by atoms with van der Waals surface area (Å²) in [5.74, 6) is -2.23. The average Bonchev–Trinajstić information content (AvgIpc) is 3.14. The molecule has 29 heavy (non-hydrogen) atoms. The van der Waals surface area contributed by atoms with Gasteiger partial charge in [-0.05, 0) is 6.92 Å². The molecule has 1 atom stereocenters. The maximum Gasteiger partial charge on any atom is 0.359 e. The SMILES string of the molecule is CCOC(=O)c1n[nH]c2c1C(=O)C(SCCNC(=O)[C@H](O)C(C)(C)CO)=CC2=O. The number of aliphatic hydroxyl groups is 2. The van der Waals surface area contributed by atoms with Crippen molar-refractivity contribution in [2.75, 3.05) is 25.5 Å². The van der Waals surface area contributed by atoms with Crippen molar-refractivity contribution >= 4 is 35.2 Å². The van der Waals surface area contributed by atoms with E-state index in [2.05, 4.69) is 15.5 Å². The highest BCUT2D eigenvalue weighted by Crippen LogP contribution is 2.29. The van der Waals surface area contributed by atoms with Crippen LogP contribution in [0.4, 0.5) is 0 Å². The van der Waals surface area contributed by atoms with Crippen LogP contribution in [0, 0.1) is 5.41 Å². The number of fused-ring (bicyclic) bond motifs is 1. The molecule has 0 aliphatic heterocycles. The Morgan fingerprint density at radius 1 is 1.38 bits per heavy atom. The number of nitrogens with one attached hydrogen (secondary N) is 2. The first-order valence-corrected chi connectivity index (χ1v) is 9.88. The number of amides is 1. The van der Waals surface area contributed by atoms with Gasteiger partial charge in [0, 0.05) is 23.8 Å². The molecule has 0 unspecified atom stereocenters. The van der Waals surface area contributed by atoms with Gasteiger partial charge in [0.25, 0.3) is 0 Å². The molecule has 0 bridgehead atoms. The standard InChI is InChI=1S/C18H23N3O7S/c1-4-28-17(27)13-11-12(20-21-13)9(23)7-10(14(11)24)29-6-5-19-16(26)15(25)18(2,3)8-22/h7,15,22,25H,4-6,8H2,1-3H3,(H,19,26)(H,20,21)/t15-/m0/s1. The molecule has 0 fully saturated rings. The summed E-state index contributed by atoms with van der Waals surface area (Å²) in [5.41, 5.74) is -1.42. The number of nitrogens with zero attached hydrogens (tertiary/aromatic N) is 1. The Morgan fingerprint density at radius 2 is 2.07 bits per heavy atom. The predicted molar refractivity (Wildman–Crippen MR) is 104 cm³/mol. The first-order chi connectivity index (χ1) is 13.6. The van der Waals surface area contributed by atoms with Crippen LogP contribution in [0.5, 0.6) is 0 Å². The van der Waals surface area contributed by atoms with Gasteiger partial charge in [0.2, 0.25) is 17.5 Å². The number of thioether (sulfide) groups is 1. The van der Waals surface area contributed by atoms with Gasteiger partial charge in [-0.3, -0.25) is 19.5 Å². The van der Waals surface area contributed by atoms with Crippen molar-refractivity contribution < 1.29 is 34.1 Å².